The Bertz CT molecular complexity index is 1440. The molecule has 0 saturated heterocycles. The van der Waals surface area contributed by atoms with E-state index in [2.05, 4.69) is 10.6 Å². The van der Waals surface area contributed by atoms with Crippen molar-refractivity contribution < 1.29 is 38.1 Å². The minimum absolute atomic E-state index is 0.0379. The summed E-state index contributed by atoms with van der Waals surface area (Å²) in [6.45, 7) is 16.7. The lowest BCUT2D eigenvalue weighted by Crippen LogP contribution is -2.51. The third-order valence-corrected chi connectivity index (χ3v) is 7.29. The molecule has 0 saturated carbocycles. The summed E-state index contributed by atoms with van der Waals surface area (Å²) >= 11 is 12.0. The van der Waals surface area contributed by atoms with Crippen LogP contribution in [0.25, 0.3) is 0 Å². The van der Waals surface area contributed by atoms with Crippen molar-refractivity contribution in [1.29, 1.82) is 0 Å². The maximum absolute atomic E-state index is 13.3. The van der Waals surface area contributed by atoms with Gasteiger partial charge in [0.25, 0.3) is 5.91 Å². The van der Waals surface area contributed by atoms with Crippen LogP contribution in [0, 0.1) is 13.8 Å². The van der Waals surface area contributed by atoms with E-state index >= 15 is 0 Å². The molecule has 0 unspecified atom stereocenters. The second-order valence-electron chi connectivity index (χ2n) is 13.7. The van der Waals surface area contributed by atoms with Crippen LogP contribution in [0.2, 0.25) is 0 Å². The number of esters is 2. The number of anilines is 1. The second-order valence-corrected chi connectivity index (χ2v) is 14.4. The summed E-state index contributed by atoms with van der Waals surface area (Å²) in [6.07, 6.45) is -0.156. The highest BCUT2D eigenvalue weighted by molar-refractivity contribution is 6.18. The monoisotopic (exact) mass is 723 g/mol. The Morgan fingerprint density at radius 1 is 0.857 bits per heavy atom. The Hall–Kier alpha value is -3.70. The molecule has 0 aliphatic heterocycles. The number of hydrogen-bond donors (Lipinski definition) is 2. The quantitative estimate of drug-likeness (QED) is 0.148. The van der Waals surface area contributed by atoms with E-state index in [9.17, 15) is 19.2 Å². The minimum atomic E-state index is -1.13. The number of hydrogen-bond acceptors (Lipinski definition) is 9. The topological polar surface area (TPSA) is 132 Å². The molecule has 0 heterocycles. The molecule has 2 aromatic rings. The minimum Gasteiger partial charge on any atom is -0.494 e. The highest BCUT2D eigenvalue weighted by Gasteiger charge is 2.30. The Balaban J connectivity index is 2.17. The zero-order valence-electron chi connectivity index (χ0n) is 30.3. The van der Waals surface area contributed by atoms with Crippen LogP contribution in [0.5, 0.6) is 17.2 Å². The third kappa shape index (κ3) is 13.6. The molecule has 13 heteroatoms. The van der Waals surface area contributed by atoms with Crippen LogP contribution < -0.4 is 25.0 Å². The van der Waals surface area contributed by atoms with Crippen LogP contribution in [0.15, 0.2) is 30.3 Å². The van der Waals surface area contributed by atoms with E-state index in [1.807, 2.05) is 30.9 Å². The fourth-order valence-corrected chi connectivity index (χ4v) is 5.23. The van der Waals surface area contributed by atoms with E-state index in [0.29, 0.717) is 58.8 Å². The van der Waals surface area contributed by atoms with E-state index in [1.54, 1.807) is 66.9 Å². The SMILES string of the molecule is COc1cc(Oc2c(C)cc(C(=O)N[C@@H](C)C(=O)N[C@@H](CCC(=O)OC(C)(C)C)C(=O)OC(C)(C)C)cc2C)ccc1N(CCCl)CCCl. The normalized spacial score (nSPS) is 12.7. The highest BCUT2D eigenvalue weighted by Crippen LogP contribution is 2.36. The van der Waals surface area contributed by atoms with Gasteiger partial charge in [-0.3, -0.25) is 14.4 Å². The molecule has 2 N–H and O–H groups in total. The molecule has 2 aromatic carbocycles. The van der Waals surface area contributed by atoms with Crippen molar-refractivity contribution in [2.24, 2.45) is 0 Å². The number of carbonyl (C=O) groups excluding carboxylic acids is 4. The fourth-order valence-electron chi connectivity index (χ4n) is 4.82. The van der Waals surface area contributed by atoms with Crippen LogP contribution in [0.4, 0.5) is 5.69 Å². The Kier molecular flexibility index (Phi) is 15.5. The molecule has 0 fully saturated rings. The van der Waals surface area contributed by atoms with Gasteiger partial charge in [0.15, 0.2) is 0 Å². The number of amides is 2. The van der Waals surface area contributed by atoms with Gasteiger partial charge in [0.1, 0.15) is 40.5 Å². The van der Waals surface area contributed by atoms with Gasteiger partial charge in [-0.05, 0) is 104 Å². The maximum atomic E-state index is 13.3. The number of rotatable bonds is 16. The third-order valence-electron chi connectivity index (χ3n) is 6.95. The first-order valence-electron chi connectivity index (χ1n) is 16.2. The summed E-state index contributed by atoms with van der Waals surface area (Å²) in [4.78, 5) is 53.7. The summed E-state index contributed by atoms with van der Waals surface area (Å²) < 4.78 is 22.7. The standard InChI is InChI=1S/C36H51Cl2N3O8/c1-22-19-25(20-23(2)31(22)47-26-11-13-28(29(21-26)46-10)41(17-15-37)18-16-38)33(44)39-24(3)32(43)40-27(34(45)49-36(7,8)9)12-14-30(42)48-35(4,5)6/h11,13,19-21,24,27H,12,14-18H2,1-10H3,(H,39,44)(H,40,43)/t24-,27-/m0/s1. The lowest BCUT2D eigenvalue weighted by molar-refractivity contribution is -0.160. The Morgan fingerprint density at radius 2 is 1.43 bits per heavy atom. The smallest absolute Gasteiger partial charge is 0.329 e. The van der Waals surface area contributed by atoms with Gasteiger partial charge < -0.3 is 34.5 Å². The number of carbonyl (C=O) groups is 4. The van der Waals surface area contributed by atoms with Gasteiger partial charge in [-0.15, -0.1) is 23.2 Å². The van der Waals surface area contributed by atoms with Crippen LogP contribution in [-0.2, 0) is 23.9 Å². The number of benzene rings is 2. The molecular weight excluding hydrogens is 673 g/mol. The average Bonchev–Trinajstić information content (AvgIpc) is 2.98. The van der Waals surface area contributed by atoms with E-state index in [0.717, 1.165) is 5.69 Å². The largest absolute Gasteiger partial charge is 0.494 e. The first-order valence-corrected chi connectivity index (χ1v) is 17.2. The predicted octanol–water partition coefficient (Wildman–Crippen LogP) is 6.46. The van der Waals surface area contributed by atoms with Gasteiger partial charge in [0, 0.05) is 42.9 Å². The van der Waals surface area contributed by atoms with Gasteiger partial charge in [0.05, 0.1) is 12.8 Å². The Morgan fingerprint density at radius 3 is 1.94 bits per heavy atom. The molecule has 0 bridgehead atoms. The molecule has 49 heavy (non-hydrogen) atoms. The van der Waals surface area contributed by atoms with Crippen molar-refractivity contribution >= 4 is 52.6 Å². The van der Waals surface area contributed by atoms with Crippen LogP contribution >= 0.6 is 23.2 Å². The molecule has 0 aliphatic rings. The van der Waals surface area contributed by atoms with Crippen molar-refractivity contribution in [2.75, 3.05) is 36.9 Å². The first kappa shape index (κ1) is 41.5. The highest BCUT2D eigenvalue weighted by atomic mass is 35.5. The maximum Gasteiger partial charge on any atom is 0.329 e. The first-order chi connectivity index (χ1) is 22.8. The van der Waals surface area contributed by atoms with Crippen LogP contribution in [0.3, 0.4) is 0 Å². The molecule has 2 rings (SSSR count). The van der Waals surface area contributed by atoms with Gasteiger partial charge >= 0.3 is 11.9 Å². The summed E-state index contributed by atoms with van der Waals surface area (Å²) in [5, 5.41) is 5.31. The molecule has 272 valence electrons. The molecule has 0 spiro atoms. The summed E-state index contributed by atoms with van der Waals surface area (Å²) in [5.41, 5.74) is 1.05. The number of alkyl halides is 2. The summed E-state index contributed by atoms with van der Waals surface area (Å²) in [6, 6.07) is 6.68. The molecule has 0 aliphatic carbocycles. The molecular formula is C36H51Cl2N3O8. The predicted molar refractivity (Wildman–Crippen MR) is 192 cm³/mol. The van der Waals surface area contributed by atoms with E-state index in [1.165, 1.54) is 6.92 Å². The Labute approximate surface area is 300 Å². The van der Waals surface area contributed by atoms with Crippen LogP contribution in [0.1, 0.15) is 82.8 Å². The molecule has 2 atom stereocenters. The van der Waals surface area contributed by atoms with Crippen molar-refractivity contribution in [3.63, 3.8) is 0 Å². The number of methoxy groups -OCH3 is 1. The van der Waals surface area contributed by atoms with Gasteiger partial charge in [0.2, 0.25) is 5.91 Å². The van der Waals surface area contributed by atoms with E-state index < -0.39 is 47.0 Å². The second kappa shape index (κ2) is 18.3. The van der Waals surface area contributed by atoms with Crippen molar-refractivity contribution in [3.8, 4) is 17.2 Å². The number of nitrogens with zero attached hydrogens (tertiary/aromatic N) is 1. The molecule has 2 amide bonds. The lowest BCUT2D eigenvalue weighted by atomic mass is 10.0. The fraction of sp³-hybridized carbons (Fsp3) is 0.556. The zero-order valence-corrected chi connectivity index (χ0v) is 31.8. The number of aryl methyl sites for hydroxylation is 2. The number of halogens is 2. The van der Waals surface area contributed by atoms with Crippen molar-refractivity contribution in [1.82, 2.24) is 10.6 Å². The molecule has 11 nitrogen and oxygen atoms in total. The number of nitrogens with one attached hydrogen (secondary N) is 2. The summed E-state index contributed by atoms with van der Waals surface area (Å²) in [5.74, 6) is 0.262. The van der Waals surface area contributed by atoms with Gasteiger partial charge in [-0.1, -0.05) is 0 Å². The van der Waals surface area contributed by atoms with Crippen molar-refractivity contribution in [2.45, 2.75) is 98.4 Å². The van der Waals surface area contributed by atoms with E-state index in [-0.39, 0.29) is 12.8 Å². The molecule has 0 radical (unpaired) electrons. The van der Waals surface area contributed by atoms with Gasteiger partial charge in [-0.25, -0.2) is 4.79 Å². The van der Waals surface area contributed by atoms with E-state index in [4.69, 9.17) is 42.1 Å². The van der Waals surface area contributed by atoms with Gasteiger partial charge in [-0.2, -0.15) is 0 Å². The molecule has 0 aromatic heterocycles. The van der Waals surface area contributed by atoms with Crippen LogP contribution in [-0.4, -0.2) is 79.0 Å². The summed E-state index contributed by atoms with van der Waals surface area (Å²) in [7, 11) is 1.58. The lowest BCUT2D eigenvalue weighted by Gasteiger charge is -2.26. The van der Waals surface area contributed by atoms with Crippen molar-refractivity contribution in [3.05, 3.63) is 47.0 Å². The average molecular weight is 725 g/mol. The zero-order chi connectivity index (χ0) is 37.1. The number of ether oxygens (including phenoxy) is 4.